The number of aryl methyl sites for hydroxylation is 1. The van der Waals surface area contributed by atoms with Gasteiger partial charge in [-0.15, -0.1) is 0 Å². The van der Waals surface area contributed by atoms with Crippen molar-refractivity contribution in [1.82, 2.24) is 25.8 Å². The zero-order valence-electron chi connectivity index (χ0n) is 22.5. The molecular weight excluding hydrogens is 545 g/mol. The number of benzene rings is 1. The van der Waals surface area contributed by atoms with Gasteiger partial charge in [-0.2, -0.15) is 13.2 Å². The molecule has 4 atom stereocenters. The van der Waals surface area contributed by atoms with E-state index in [0.717, 1.165) is 36.1 Å². The van der Waals surface area contributed by atoms with Gasteiger partial charge in [0.05, 0.1) is 12.6 Å². The highest BCUT2D eigenvalue weighted by atomic mass is 19.4. The topological polar surface area (TPSA) is 139 Å². The number of halogens is 3. The standard InChI is InChI=1S/C27H31F3N6O5/c1-12-22(35-41-34-12)24(37)33-23(21(14-3-4-14)15-5-6-15)25(38)31-17-8-7-16-9-18(40-19(16)10-17)13(2)36-11-20(27(28,29)30)32-26(36)39/h7-8,10,13-15,18,20-21,23H,3-6,9,11H2,1-2H3,(H,31,38)(H,32,39)(H,33,37)/t13?,18?,20-,23-/m0/s1. The second kappa shape index (κ2) is 10.2. The molecule has 1 aromatic carbocycles. The minimum Gasteiger partial charge on any atom is -0.488 e. The third kappa shape index (κ3) is 5.55. The Labute approximate surface area is 233 Å². The predicted molar refractivity (Wildman–Crippen MR) is 137 cm³/mol. The first-order valence-corrected chi connectivity index (χ1v) is 13.8. The number of hydrogen-bond donors (Lipinski definition) is 3. The first-order valence-electron chi connectivity index (χ1n) is 13.8. The number of urea groups is 1. The Bertz CT molecular complexity index is 1350. The van der Waals surface area contributed by atoms with Crippen molar-refractivity contribution in [3.8, 4) is 5.75 Å². The van der Waals surface area contributed by atoms with Crippen LogP contribution < -0.4 is 20.7 Å². The molecule has 2 aliphatic carbocycles. The summed E-state index contributed by atoms with van der Waals surface area (Å²) in [5.74, 6) is 0.328. The van der Waals surface area contributed by atoms with Crippen molar-refractivity contribution in [3.63, 3.8) is 0 Å². The van der Waals surface area contributed by atoms with E-state index in [1.165, 1.54) is 0 Å². The Morgan fingerprint density at radius 3 is 2.44 bits per heavy atom. The Morgan fingerprint density at radius 1 is 1.15 bits per heavy atom. The maximum atomic E-state index is 13.6. The molecule has 41 heavy (non-hydrogen) atoms. The van der Waals surface area contributed by atoms with Crippen LogP contribution in [0.25, 0.3) is 0 Å². The highest BCUT2D eigenvalue weighted by Gasteiger charge is 2.50. The Morgan fingerprint density at radius 2 is 1.85 bits per heavy atom. The van der Waals surface area contributed by atoms with Gasteiger partial charge < -0.3 is 25.6 Å². The van der Waals surface area contributed by atoms with E-state index < -0.39 is 48.9 Å². The number of nitrogens with zero attached hydrogens (tertiary/aromatic N) is 3. The number of carbonyl (C=O) groups excluding carboxylic acids is 3. The third-order valence-corrected chi connectivity index (χ3v) is 8.55. The molecule has 11 nitrogen and oxygen atoms in total. The SMILES string of the molecule is Cc1nonc1C(=O)N[C@H](C(=O)Nc1ccc2c(c1)OC(C(C)N1C[C@@H](C(F)(F)F)NC1=O)C2)C(C1CC1)C1CC1. The fourth-order valence-electron chi connectivity index (χ4n) is 5.99. The van der Waals surface area contributed by atoms with E-state index in [1.807, 2.05) is 5.32 Å². The largest absolute Gasteiger partial charge is 0.488 e. The quantitative estimate of drug-likeness (QED) is 0.417. The zero-order chi connectivity index (χ0) is 29.1. The molecule has 14 heteroatoms. The number of ether oxygens (including phenoxy) is 1. The first-order chi connectivity index (χ1) is 19.5. The molecule has 2 unspecified atom stereocenters. The second-order valence-electron chi connectivity index (χ2n) is 11.5. The molecule has 2 saturated carbocycles. The maximum absolute atomic E-state index is 13.6. The summed E-state index contributed by atoms with van der Waals surface area (Å²) in [4.78, 5) is 40.0. The van der Waals surface area contributed by atoms with Gasteiger partial charge in [-0.25, -0.2) is 9.42 Å². The Kier molecular flexibility index (Phi) is 6.81. The third-order valence-electron chi connectivity index (χ3n) is 8.55. The number of fused-ring (bicyclic) bond motifs is 1. The maximum Gasteiger partial charge on any atom is 0.410 e. The highest BCUT2D eigenvalue weighted by molar-refractivity contribution is 6.01. The van der Waals surface area contributed by atoms with Crippen molar-refractivity contribution < 1.29 is 36.9 Å². The van der Waals surface area contributed by atoms with Gasteiger partial charge in [-0.05, 0) is 74.1 Å². The van der Waals surface area contributed by atoms with Crippen LogP contribution in [0, 0.1) is 24.7 Å². The summed E-state index contributed by atoms with van der Waals surface area (Å²) >= 11 is 0. The van der Waals surface area contributed by atoms with E-state index in [-0.39, 0.29) is 17.5 Å². The molecule has 1 aromatic heterocycles. The van der Waals surface area contributed by atoms with Crippen LogP contribution >= 0.6 is 0 Å². The lowest BCUT2D eigenvalue weighted by Crippen LogP contribution is -2.50. The number of nitrogens with one attached hydrogen (secondary N) is 3. The van der Waals surface area contributed by atoms with Crippen LogP contribution in [0.15, 0.2) is 22.8 Å². The summed E-state index contributed by atoms with van der Waals surface area (Å²) in [6.45, 7) is 2.78. The predicted octanol–water partition coefficient (Wildman–Crippen LogP) is 3.20. The summed E-state index contributed by atoms with van der Waals surface area (Å²) in [5, 5.41) is 15.1. The molecule has 2 aromatic rings. The van der Waals surface area contributed by atoms with Crippen molar-refractivity contribution in [3.05, 3.63) is 35.2 Å². The normalized spacial score (nSPS) is 23.6. The van der Waals surface area contributed by atoms with Gasteiger partial charge >= 0.3 is 12.2 Å². The second-order valence-corrected chi connectivity index (χ2v) is 11.5. The molecular formula is C27H31F3N6O5. The van der Waals surface area contributed by atoms with Gasteiger partial charge in [0.15, 0.2) is 5.69 Å². The number of hydrogen-bond acceptors (Lipinski definition) is 7. The van der Waals surface area contributed by atoms with Gasteiger partial charge in [0.2, 0.25) is 5.91 Å². The number of rotatable bonds is 9. The lowest BCUT2D eigenvalue weighted by atomic mass is 9.88. The number of aromatic nitrogens is 2. The van der Waals surface area contributed by atoms with Crippen LogP contribution in [-0.2, 0) is 11.2 Å². The monoisotopic (exact) mass is 576 g/mol. The van der Waals surface area contributed by atoms with Gasteiger partial charge in [0, 0.05) is 18.2 Å². The van der Waals surface area contributed by atoms with Crippen molar-refractivity contribution >= 4 is 23.5 Å². The summed E-state index contributed by atoms with van der Waals surface area (Å²) in [5.41, 5.74) is 1.64. The van der Waals surface area contributed by atoms with Crippen molar-refractivity contribution in [2.45, 2.75) is 76.4 Å². The molecule has 4 amide bonds. The van der Waals surface area contributed by atoms with Crippen LogP contribution in [-0.4, -0.2) is 70.0 Å². The molecule has 1 saturated heterocycles. The number of alkyl halides is 3. The molecule has 0 spiro atoms. The molecule has 2 aliphatic heterocycles. The van der Waals surface area contributed by atoms with E-state index in [2.05, 4.69) is 25.6 Å². The number of amides is 4. The smallest absolute Gasteiger partial charge is 0.410 e. The fourth-order valence-corrected chi connectivity index (χ4v) is 5.99. The lowest BCUT2D eigenvalue weighted by Gasteiger charge is -2.28. The molecule has 0 bridgehead atoms. The molecule has 220 valence electrons. The highest BCUT2D eigenvalue weighted by Crippen LogP contribution is 2.51. The average molecular weight is 577 g/mol. The summed E-state index contributed by atoms with van der Waals surface area (Å²) in [7, 11) is 0. The summed E-state index contributed by atoms with van der Waals surface area (Å²) < 4.78 is 50.1. The molecule has 3 heterocycles. The van der Waals surface area contributed by atoms with Gasteiger partial charge in [-0.1, -0.05) is 11.2 Å². The van der Waals surface area contributed by atoms with E-state index in [1.54, 1.807) is 32.0 Å². The van der Waals surface area contributed by atoms with Gasteiger partial charge in [0.25, 0.3) is 5.91 Å². The van der Waals surface area contributed by atoms with Crippen molar-refractivity contribution in [2.75, 3.05) is 11.9 Å². The zero-order valence-corrected chi connectivity index (χ0v) is 22.5. The summed E-state index contributed by atoms with van der Waals surface area (Å²) in [6, 6.07) is 1.08. The van der Waals surface area contributed by atoms with Crippen LogP contribution in [0.3, 0.4) is 0 Å². The summed E-state index contributed by atoms with van der Waals surface area (Å²) in [6.07, 6.45) is -0.634. The Balaban J connectivity index is 1.14. The van der Waals surface area contributed by atoms with Crippen LogP contribution in [0.4, 0.5) is 23.7 Å². The molecule has 4 aliphatic rings. The van der Waals surface area contributed by atoms with Crippen molar-refractivity contribution in [2.24, 2.45) is 17.8 Å². The minimum absolute atomic E-state index is 0.00200. The Hall–Kier alpha value is -3.84. The molecule has 3 N–H and O–H groups in total. The van der Waals surface area contributed by atoms with E-state index in [0.29, 0.717) is 35.4 Å². The van der Waals surface area contributed by atoms with Crippen molar-refractivity contribution in [1.29, 1.82) is 0 Å². The number of carbonyl (C=O) groups is 3. The molecule has 0 radical (unpaired) electrons. The first kappa shape index (κ1) is 27.3. The van der Waals surface area contributed by atoms with E-state index in [9.17, 15) is 27.6 Å². The number of anilines is 1. The minimum atomic E-state index is -4.53. The van der Waals surface area contributed by atoms with Gasteiger partial charge in [-0.3, -0.25) is 9.59 Å². The fraction of sp³-hybridized carbons (Fsp3) is 0.593. The van der Waals surface area contributed by atoms with Crippen LogP contribution in [0.5, 0.6) is 5.75 Å². The molecule has 6 rings (SSSR count). The van der Waals surface area contributed by atoms with Gasteiger partial charge in [0.1, 0.15) is 29.6 Å². The van der Waals surface area contributed by atoms with Crippen LogP contribution in [0.2, 0.25) is 0 Å². The average Bonchev–Trinajstić information content (AvgIpc) is 3.81. The molecule has 3 fully saturated rings. The van der Waals surface area contributed by atoms with E-state index in [4.69, 9.17) is 4.74 Å². The lowest BCUT2D eigenvalue weighted by molar-refractivity contribution is -0.150. The van der Waals surface area contributed by atoms with E-state index >= 15 is 0 Å². The van der Waals surface area contributed by atoms with Crippen LogP contribution in [0.1, 0.15) is 54.4 Å².